The zero-order valence-electron chi connectivity index (χ0n) is 11.8. The largest absolute Gasteiger partial charge is 0.300 e. The van der Waals surface area contributed by atoms with E-state index in [-0.39, 0.29) is 0 Å². The van der Waals surface area contributed by atoms with Gasteiger partial charge in [-0.1, -0.05) is 42.5 Å². The SMILES string of the molecule is c1ccc2c(c1)-c1cc3c(cc1C1NC21)sc1ccccc13. The van der Waals surface area contributed by atoms with Crippen LogP contribution < -0.4 is 5.32 Å². The number of benzene rings is 3. The molecule has 1 aromatic heterocycles. The maximum Gasteiger partial charge on any atom is 0.0530 e. The average Bonchev–Trinajstić information content (AvgIpc) is 3.29. The minimum Gasteiger partial charge on any atom is -0.300 e. The van der Waals surface area contributed by atoms with E-state index in [9.17, 15) is 0 Å². The Hall–Kier alpha value is -2.16. The lowest BCUT2D eigenvalue weighted by atomic mass is 9.85. The molecular formula is C20H13NS. The van der Waals surface area contributed by atoms with Crippen LogP contribution in [0.4, 0.5) is 0 Å². The van der Waals surface area contributed by atoms with Crippen molar-refractivity contribution in [1.82, 2.24) is 5.32 Å². The van der Waals surface area contributed by atoms with E-state index in [1.807, 2.05) is 11.3 Å². The molecule has 1 nitrogen and oxygen atoms in total. The van der Waals surface area contributed by atoms with Crippen molar-refractivity contribution >= 4 is 31.5 Å². The Labute approximate surface area is 132 Å². The highest BCUT2D eigenvalue weighted by Crippen LogP contribution is 2.54. The number of fused-ring (bicyclic) bond motifs is 9. The van der Waals surface area contributed by atoms with Gasteiger partial charge in [-0.15, -0.1) is 11.3 Å². The van der Waals surface area contributed by atoms with Crippen LogP contribution in [0.3, 0.4) is 0 Å². The zero-order valence-corrected chi connectivity index (χ0v) is 12.7. The van der Waals surface area contributed by atoms with Gasteiger partial charge in [-0.05, 0) is 40.5 Å². The van der Waals surface area contributed by atoms with Crippen molar-refractivity contribution in [3.05, 3.63) is 71.8 Å². The second-order valence-electron chi connectivity index (χ2n) is 6.24. The van der Waals surface area contributed by atoms with Gasteiger partial charge in [0.1, 0.15) is 0 Å². The van der Waals surface area contributed by atoms with Gasteiger partial charge in [-0.25, -0.2) is 0 Å². The molecule has 22 heavy (non-hydrogen) atoms. The van der Waals surface area contributed by atoms with Crippen LogP contribution in [-0.4, -0.2) is 0 Å². The molecule has 0 amide bonds. The Bertz CT molecular complexity index is 1080. The van der Waals surface area contributed by atoms with Gasteiger partial charge in [-0.3, -0.25) is 5.32 Å². The van der Waals surface area contributed by atoms with Gasteiger partial charge < -0.3 is 0 Å². The number of hydrogen-bond donors (Lipinski definition) is 1. The van der Waals surface area contributed by atoms with E-state index in [2.05, 4.69) is 66.0 Å². The fourth-order valence-corrected chi connectivity index (χ4v) is 5.10. The first kappa shape index (κ1) is 11.4. The summed E-state index contributed by atoms with van der Waals surface area (Å²) in [6.45, 7) is 0. The van der Waals surface area contributed by atoms with E-state index in [4.69, 9.17) is 0 Å². The molecule has 2 heterocycles. The highest BCUT2D eigenvalue weighted by molar-refractivity contribution is 7.25. The van der Waals surface area contributed by atoms with Crippen LogP contribution in [0.2, 0.25) is 0 Å². The number of nitrogens with one attached hydrogen (secondary N) is 1. The van der Waals surface area contributed by atoms with Crippen LogP contribution in [-0.2, 0) is 0 Å². The molecule has 0 bridgehead atoms. The number of rotatable bonds is 0. The summed E-state index contributed by atoms with van der Waals surface area (Å²) in [5.74, 6) is 0. The molecule has 1 saturated heterocycles. The Kier molecular flexibility index (Phi) is 1.96. The van der Waals surface area contributed by atoms with Crippen molar-refractivity contribution < 1.29 is 0 Å². The fourth-order valence-electron chi connectivity index (χ4n) is 3.97. The standard InChI is InChI=1S/C20H13NS/c1-2-7-13-11(5-1)14-9-15-12-6-3-4-8-17(12)22-18(15)10-16(14)20-19(13)21-20/h1-10,19-21H. The quantitative estimate of drug-likeness (QED) is 0.430. The summed E-state index contributed by atoms with van der Waals surface area (Å²) in [6, 6.07) is 23.5. The Morgan fingerprint density at radius 1 is 0.682 bits per heavy atom. The first-order chi connectivity index (χ1) is 10.9. The normalized spacial score (nSPS) is 21.5. The fraction of sp³-hybridized carbons (Fsp3) is 0.100. The molecule has 104 valence electrons. The molecule has 6 rings (SSSR count). The Balaban J connectivity index is 1.77. The van der Waals surface area contributed by atoms with E-state index >= 15 is 0 Å². The van der Waals surface area contributed by atoms with Gasteiger partial charge >= 0.3 is 0 Å². The predicted molar refractivity (Wildman–Crippen MR) is 93.4 cm³/mol. The average molecular weight is 299 g/mol. The van der Waals surface area contributed by atoms with E-state index in [0.29, 0.717) is 12.1 Å². The molecule has 4 aromatic rings. The summed E-state index contributed by atoms with van der Waals surface area (Å²) in [4.78, 5) is 0. The first-order valence-electron chi connectivity index (χ1n) is 7.71. The van der Waals surface area contributed by atoms with Gasteiger partial charge in [-0.2, -0.15) is 0 Å². The summed E-state index contributed by atoms with van der Waals surface area (Å²) in [6.07, 6.45) is 0. The van der Waals surface area contributed by atoms with Crippen LogP contribution in [0.25, 0.3) is 31.3 Å². The molecule has 2 atom stereocenters. The van der Waals surface area contributed by atoms with E-state index in [0.717, 1.165) is 0 Å². The molecule has 0 spiro atoms. The van der Waals surface area contributed by atoms with Gasteiger partial charge in [0.15, 0.2) is 0 Å². The van der Waals surface area contributed by atoms with Crippen molar-refractivity contribution in [1.29, 1.82) is 0 Å². The topological polar surface area (TPSA) is 21.9 Å². The van der Waals surface area contributed by atoms with E-state index in [1.165, 1.54) is 42.4 Å². The third-order valence-corrected chi connectivity index (χ3v) is 6.19. The van der Waals surface area contributed by atoms with E-state index < -0.39 is 0 Å². The molecule has 3 aromatic carbocycles. The molecule has 1 fully saturated rings. The van der Waals surface area contributed by atoms with Crippen molar-refractivity contribution in [2.24, 2.45) is 0 Å². The minimum atomic E-state index is 0.513. The van der Waals surface area contributed by atoms with Gasteiger partial charge in [0, 0.05) is 20.2 Å². The monoisotopic (exact) mass is 299 g/mol. The molecule has 2 heteroatoms. The summed E-state index contributed by atoms with van der Waals surface area (Å²) >= 11 is 1.91. The second-order valence-corrected chi connectivity index (χ2v) is 7.33. The Morgan fingerprint density at radius 3 is 2.50 bits per heavy atom. The van der Waals surface area contributed by atoms with Gasteiger partial charge in [0.05, 0.1) is 12.1 Å². The summed E-state index contributed by atoms with van der Waals surface area (Å²) in [5.41, 5.74) is 5.75. The smallest absolute Gasteiger partial charge is 0.0530 e. The molecule has 1 N–H and O–H groups in total. The third-order valence-electron chi connectivity index (χ3n) is 5.05. The first-order valence-corrected chi connectivity index (χ1v) is 8.52. The summed E-state index contributed by atoms with van der Waals surface area (Å²) in [5, 5.41) is 6.43. The molecule has 1 aliphatic carbocycles. The van der Waals surface area contributed by atoms with Crippen LogP contribution in [0.5, 0.6) is 0 Å². The van der Waals surface area contributed by atoms with Crippen LogP contribution in [0.15, 0.2) is 60.7 Å². The van der Waals surface area contributed by atoms with Crippen molar-refractivity contribution in [2.45, 2.75) is 12.1 Å². The molecule has 1 aliphatic heterocycles. The Morgan fingerprint density at radius 2 is 1.50 bits per heavy atom. The van der Waals surface area contributed by atoms with Crippen LogP contribution >= 0.6 is 11.3 Å². The molecular weight excluding hydrogens is 286 g/mol. The lowest BCUT2D eigenvalue weighted by Crippen LogP contribution is -1.98. The van der Waals surface area contributed by atoms with Crippen LogP contribution in [0, 0.1) is 0 Å². The lowest BCUT2D eigenvalue weighted by molar-refractivity contribution is 1.01. The minimum absolute atomic E-state index is 0.513. The number of thiophene rings is 1. The van der Waals surface area contributed by atoms with E-state index in [1.54, 1.807) is 0 Å². The second kappa shape index (κ2) is 3.78. The molecule has 0 radical (unpaired) electrons. The highest BCUT2D eigenvalue weighted by Gasteiger charge is 2.44. The molecule has 2 unspecified atom stereocenters. The highest BCUT2D eigenvalue weighted by atomic mass is 32.1. The molecule has 2 aliphatic rings. The third kappa shape index (κ3) is 1.32. The van der Waals surface area contributed by atoms with Crippen molar-refractivity contribution in [2.75, 3.05) is 0 Å². The maximum atomic E-state index is 3.65. The van der Waals surface area contributed by atoms with Crippen molar-refractivity contribution in [3.8, 4) is 11.1 Å². The zero-order chi connectivity index (χ0) is 14.3. The van der Waals surface area contributed by atoms with Crippen molar-refractivity contribution in [3.63, 3.8) is 0 Å². The maximum absolute atomic E-state index is 3.65. The number of hydrogen-bond acceptors (Lipinski definition) is 2. The van der Waals surface area contributed by atoms with Gasteiger partial charge in [0.25, 0.3) is 0 Å². The predicted octanol–water partition coefficient (Wildman–Crippen LogP) is 5.42. The lowest BCUT2D eigenvalue weighted by Gasteiger charge is -2.18. The summed E-state index contributed by atoms with van der Waals surface area (Å²) in [7, 11) is 0. The molecule has 0 saturated carbocycles. The van der Waals surface area contributed by atoms with Gasteiger partial charge in [0.2, 0.25) is 0 Å². The summed E-state index contributed by atoms with van der Waals surface area (Å²) < 4.78 is 2.79. The van der Waals surface area contributed by atoms with Crippen LogP contribution in [0.1, 0.15) is 23.2 Å².